The van der Waals surface area contributed by atoms with Crippen LogP contribution < -0.4 is 0 Å². The van der Waals surface area contributed by atoms with Gasteiger partial charge in [0.15, 0.2) is 0 Å². The van der Waals surface area contributed by atoms with Crippen molar-refractivity contribution in [1.29, 1.82) is 0 Å². The molecule has 0 saturated carbocycles. The predicted octanol–water partition coefficient (Wildman–Crippen LogP) is 4.58. The minimum Gasteiger partial charge on any atom is -0.331 e. The summed E-state index contributed by atoms with van der Waals surface area (Å²) in [5.41, 5.74) is 2.79. The second-order valence-corrected chi connectivity index (χ2v) is 5.92. The Hall–Kier alpha value is -2.87. The number of allylic oxidation sites excluding steroid dienone is 4. The Morgan fingerprint density at radius 1 is 0.957 bits per heavy atom. The summed E-state index contributed by atoms with van der Waals surface area (Å²) in [4.78, 5) is 12.0. The van der Waals surface area contributed by atoms with Gasteiger partial charge < -0.3 is 9.36 Å². The molecular formula is C21H17NO. The summed E-state index contributed by atoms with van der Waals surface area (Å²) < 4.78 is 2.07. The minimum atomic E-state index is -0.638. The van der Waals surface area contributed by atoms with E-state index in [9.17, 15) is 4.79 Å². The zero-order valence-electron chi connectivity index (χ0n) is 12.7. The number of hydrogen-bond donors (Lipinski definition) is 0. The van der Waals surface area contributed by atoms with Gasteiger partial charge in [-0.05, 0) is 28.7 Å². The van der Waals surface area contributed by atoms with Gasteiger partial charge in [-0.2, -0.15) is 0 Å². The molecule has 1 aliphatic rings. The molecule has 1 aromatic heterocycles. The number of aromatic nitrogens is 1. The zero-order chi connectivity index (χ0) is 15.7. The maximum absolute atomic E-state index is 12.0. The third-order valence-electron chi connectivity index (χ3n) is 4.56. The molecule has 1 unspecified atom stereocenters. The van der Waals surface area contributed by atoms with Crippen LogP contribution in [0.1, 0.15) is 12.0 Å². The highest BCUT2D eigenvalue weighted by Gasteiger charge is 2.30. The normalized spacial score (nSPS) is 20.4. The van der Waals surface area contributed by atoms with E-state index >= 15 is 0 Å². The Labute approximate surface area is 135 Å². The lowest BCUT2D eigenvalue weighted by Gasteiger charge is -2.29. The van der Waals surface area contributed by atoms with Crippen molar-refractivity contribution in [3.63, 3.8) is 0 Å². The molecule has 0 radical (unpaired) electrons. The Morgan fingerprint density at radius 2 is 1.74 bits per heavy atom. The number of rotatable bonds is 3. The molecule has 1 aliphatic carbocycles. The molecule has 0 aliphatic heterocycles. The van der Waals surface area contributed by atoms with Crippen LogP contribution in [0.25, 0.3) is 16.5 Å². The van der Waals surface area contributed by atoms with Crippen molar-refractivity contribution in [2.75, 3.05) is 0 Å². The maximum Gasteiger partial charge on any atom is 0.150 e. The van der Waals surface area contributed by atoms with Gasteiger partial charge in [-0.15, -0.1) is 0 Å². The monoisotopic (exact) mass is 299 g/mol. The molecule has 0 N–H and O–H groups in total. The van der Waals surface area contributed by atoms with E-state index in [1.54, 1.807) is 0 Å². The molecule has 4 rings (SSSR count). The van der Waals surface area contributed by atoms with Crippen molar-refractivity contribution in [3.8, 4) is 0 Å². The number of benzene rings is 2. The first-order valence-electron chi connectivity index (χ1n) is 7.80. The first-order chi connectivity index (χ1) is 11.3. The third-order valence-corrected chi connectivity index (χ3v) is 4.56. The quantitative estimate of drug-likeness (QED) is 0.649. The van der Waals surface area contributed by atoms with Crippen LogP contribution in [-0.2, 0) is 10.3 Å². The van der Waals surface area contributed by atoms with Gasteiger partial charge in [0.1, 0.15) is 11.8 Å². The topological polar surface area (TPSA) is 22.0 Å². The van der Waals surface area contributed by atoms with Crippen molar-refractivity contribution in [1.82, 2.24) is 4.57 Å². The molecule has 1 atom stereocenters. The smallest absolute Gasteiger partial charge is 0.150 e. The molecule has 0 amide bonds. The summed E-state index contributed by atoms with van der Waals surface area (Å²) in [5, 5.41) is 1.15. The maximum atomic E-state index is 12.0. The van der Waals surface area contributed by atoms with Gasteiger partial charge in [0, 0.05) is 18.1 Å². The van der Waals surface area contributed by atoms with Crippen LogP contribution in [0, 0.1) is 0 Å². The van der Waals surface area contributed by atoms with E-state index in [0.29, 0.717) is 6.42 Å². The fourth-order valence-electron chi connectivity index (χ4n) is 3.26. The summed E-state index contributed by atoms with van der Waals surface area (Å²) >= 11 is 0. The number of para-hydroxylation sites is 1. The summed E-state index contributed by atoms with van der Waals surface area (Å²) in [6.45, 7) is 0. The first kappa shape index (κ1) is 13.8. The number of hydrogen-bond acceptors (Lipinski definition) is 1. The number of nitrogens with zero attached hydrogens (tertiary/aromatic N) is 1. The number of carbonyl (C=O) groups excluding carboxylic acids is 1. The van der Waals surface area contributed by atoms with E-state index in [1.807, 2.05) is 42.6 Å². The Bertz CT molecular complexity index is 917. The summed E-state index contributed by atoms with van der Waals surface area (Å²) in [5.74, 6) is 0. The van der Waals surface area contributed by atoms with Gasteiger partial charge >= 0.3 is 0 Å². The average molecular weight is 299 g/mol. The SMILES string of the molecule is O=CC1(n2ccc3ccccc32)C=CC(c2ccccc2)=CC1. The van der Waals surface area contributed by atoms with Crippen molar-refractivity contribution in [3.05, 3.63) is 90.7 Å². The molecular weight excluding hydrogens is 282 g/mol. The van der Waals surface area contributed by atoms with E-state index in [2.05, 4.69) is 47.1 Å². The van der Waals surface area contributed by atoms with Crippen molar-refractivity contribution < 1.29 is 4.79 Å². The number of carbonyl (C=O) groups is 1. The van der Waals surface area contributed by atoms with Gasteiger partial charge in [-0.1, -0.05) is 66.8 Å². The molecule has 112 valence electrons. The van der Waals surface area contributed by atoms with Crippen LogP contribution >= 0.6 is 0 Å². The highest BCUT2D eigenvalue weighted by atomic mass is 16.1. The van der Waals surface area contributed by atoms with Crippen molar-refractivity contribution in [2.45, 2.75) is 12.0 Å². The van der Waals surface area contributed by atoms with Crippen molar-refractivity contribution in [2.24, 2.45) is 0 Å². The fourth-order valence-corrected chi connectivity index (χ4v) is 3.26. The molecule has 2 aromatic carbocycles. The van der Waals surface area contributed by atoms with Crippen LogP contribution in [0.2, 0.25) is 0 Å². The van der Waals surface area contributed by atoms with Gasteiger partial charge in [-0.25, -0.2) is 0 Å². The number of aldehydes is 1. The molecule has 0 fully saturated rings. The number of fused-ring (bicyclic) bond motifs is 1. The lowest BCUT2D eigenvalue weighted by Crippen LogP contribution is -2.33. The fraction of sp³-hybridized carbons (Fsp3) is 0.0952. The lowest BCUT2D eigenvalue weighted by molar-refractivity contribution is -0.113. The predicted molar refractivity (Wildman–Crippen MR) is 94.2 cm³/mol. The van der Waals surface area contributed by atoms with Gasteiger partial charge in [0.05, 0.1) is 0 Å². The van der Waals surface area contributed by atoms with Crippen LogP contribution in [0.15, 0.2) is 85.1 Å². The molecule has 2 nitrogen and oxygen atoms in total. The van der Waals surface area contributed by atoms with E-state index in [4.69, 9.17) is 0 Å². The Balaban J connectivity index is 1.75. The molecule has 0 bridgehead atoms. The third kappa shape index (κ3) is 2.23. The van der Waals surface area contributed by atoms with Crippen molar-refractivity contribution >= 4 is 22.8 Å². The molecule has 1 heterocycles. The molecule has 2 heteroatoms. The van der Waals surface area contributed by atoms with Gasteiger partial charge in [0.2, 0.25) is 0 Å². The van der Waals surface area contributed by atoms with Gasteiger partial charge in [0.25, 0.3) is 0 Å². The van der Waals surface area contributed by atoms with Crippen LogP contribution in [-0.4, -0.2) is 10.9 Å². The molecule has 23 heavy (non-hydrogen) atoms. The molecule has 3 aromatic rings. The summed E-state index contributed by atoms with van der Waals surface area (Å²) in [6.07, 6.45) is 9.95. The highest BCUT2D eigenvalue weighted by molar-refractivity contribution is 5.85. The average Bonchev–Trinajstić information content (AvgIpc) is 3.07. The van der Waals surface area contributed by atoms with Crippen LogP contribution in [0.5, 0.6) is 0 Å². The Morgan fingerprint density at radius 3 is 2.48 bits per heavy atom. The molecule has 0 saturated heterocycles. The summed E-state index contributed by atoms with van der Waals surface area (Å²) in [6, 6.07) is 20.5. The van der Waals surface area contributed by atoms with E-state index in [-0.39, 0.29) is 0 Å². The van der Waals surface area contributed by atoms with Crippen LogP contribution in [0.4, 0.5) is 0 Å². The standard InChI is InChI=1S/C21H17NO/c23-16-21(22-15-12-19-8-4-5-9-20(19)22)13-10-18(11-14-21)17-6-2-1-3-7-17/h1-13,15-16H,14H2. The van der Waals surface area contributed by atoms with Crippen LogP contribution in [0.3, 0.4) is 0 Å². The molecule has 0 spiro atoms. The first-order valence-corrected chi connectivity index (χ1v) is 7.80. The highest BCUT2D eigenvalue weighted by Crippen LogP contribution is 2.33. The minimum absolute atomic E-state index is 0.638. The van der Waals surface area contributed by atoms with Gasteiger partial charge in [-0.3, -0.25) is 0 Å². The second-order valence-electron chi connectivity index (χ2n) is 5.92. The lowest BCUT2D eigenvalue weighted by atomic mass is 9.87. The van der Waals surface area contributed by atoms with E-state index < -0.39 is 5.54 Å². The summed E-state index contributed by atoms with van der Waals surface area (Å²) in [7, 11) is 0. The zero-order valence-corrected chi connectivity index (χ0v) is 12.7. The van der Waals surface area contributed by atoms with E-state index in [1.165, 1.54) is 11.1 Å². The largest absolute Gasteiger partial charge is 0.331 e. The second kappa shape index (κ2) is 5.40. The van der Waals surface area contributed by atoms with E-state index in [0.717, 1.165) is 17.2 Å². The Kier molecular flexibility index (Phi) is 3.23.